The molecule has 450 valence electrons. The molecule has 80 heavy (non-hydrogen) atoms. The highest BCUT2D eigenvalue weighted by atomic mass is 35.5. The average molecular weight is 1150 g/mol. The van der Waals surface area contributed by atoms with Crippen LogP contribution in [0.25, 0.3) is 10.9 Å². The molecule has 4 saturated heterocycles. The minimum Gasteiger partial charge on any atom is -0.477 e. The molecule has 1 aromatic heterocycles. The zero-order valence-electron chi connectivity index (χ0n) is 49.0. The van der Waals surface area contributed by atoms with E-state index in [4.69, 9.17) is 54.2 Å². The van der Waals surface area contributed by atoms with Crippen molar-refractivity contribution in [2.75, 3.05) is 59.7 Å². The van der Waals surface area contributed by atoms with E-state index in [2.05, 4.69) is 10.6 Å². The van der Waals surface area contributed by atoms with Crippen molar-refractivity contribution in [2.24, 2.45) is 17.8 Å². The van der Waals surface area contributed by atoms with Gasteiger partial charge in [0.2, 0.25) is 5.43 Å². The molecule has 0 spiro atoms. The summed E-state index contributed by atoms with van der Waals surface area (Å²) < 4.78 is 58.8. The van der Waals surface area contributed by atoms with Gasteiger partial charge in [0.05, 0.1) is 58.6 Å². The predicted molar refractivity (Wildman–Crippen MR) is 296 cm³/mol. The number of nitrogens with zero attached hydrogens (tertiary/aromatic N) is 3. The number of benzene rings is 1. The molecule has 1 saturated carbocycles. The average Bonchev–Trinajstić information content (AvgIpc) is 4.35. The first-order valence-corrected chi connectivity index (χ1v) is 28.7. The number of rotatable bonds is 17. The zero-order chi connectivity index (χ0) is 58.9. The molecule has 0 bridgehead atoms. The summed E-state index contributed by atoms with van der Waals surface area (Å²) in [4.78, 5) is 70.3. The van der Waals surface area contributed by atoms with Crippen molar-refractivity contribution in [2.45, 2.75) is 211 Å². The lowest BCUT2D eigenvalue weighted by atomic mass is 9.77. The smallest absolute Gasteiger partial charge is 0.477 e. The van der Waals surface area contributed by atoms with E-state index in [9.17, 15) is 39.3 Å². The number of nitrogens with one attached hydrogen (secondary N) is 2. The van der Waals surface area contributed by atoms with Gasteiger partial charge in [-0.3, -0.25) is 19.3 Å². The number of carbonyl (C=O) groups excluding carboxylic acids is 3. The highest BCUT2D eigenvalue weighted by Gasteiger charge is 2.58. The third-order valence-corrected chi connectivity index (χ3v) is 17.6. The van der Waals surface area contributed by atoms with Crippen molar-refractivity contribution in [3.8, 4) is 0 Å². The Balaban J connectivity index is 1.07. The van der Waals surface area contributed by atoms with Crippen LogP contribution in [0.3, 0.4) is 0 Å². The number of pyridine rings is 1. The first kappa shape index (κ1) is 63.4. The molecule has 18 atom stereocenters. The van der Waals surface area contributed by atoms with Crippen molar-refractivity contribution >= 4 is 52.3 Å². The number of hydrogen-bond acceptors (Lipinski definition) is 20. The Morgan fingerprint density at radius 1 is 0.950 bits per heavy atom. The van der Waals surface area contributed by atoms with E-state index < -0.39 is 119 Å². The summed E-state index contributed by atoms with van der Waals surface area (Å²) in [7, 11) is 7.15. The number of fused-ring (bicyclic) bond motifs is 2. The summed E-state index contributed by atoms with van der Waals surface area (Å²) in [5.74, 6) is -4.60. The highest BCUT2D eigenvalue weighted by Crippen LogP contribution is 2.43. The van der Waals surface area contributed by atoms with Crippen LogP contribution in [-0.2, 0) is 52.2 Å². The van der Waals surface area contributed by atoms with Gasteiger partial charge in [0, 0.05) is 75.3 Å². The van der Waals surface area contributed by atoms with Gasteiger partial charge in [0.15, 0.2) is 30.4 Å². The maximum atomic E-state index is 14.8. The Morgan fingerprint density at radius 2 is 1.65 bits per heavy atom. The molecule has 0 radical (unpaired) electrons. The van der Waals surface area contributed by atoms with Crippen molar-refractivity contribution in [1.82, 2.24) is 19.7 Å². The second kappa shape index (κ2) is 25.7. The van der Waals surface area contributed by atoms with Gasteiger partial charge in [-0.05, 0) is 120 Å². The standard InChI is InChI=1S/C57H88ClN5O17/c1-15-42-57(10)49(79-54(70)80-57)33(6)62(13)27-29(2)25-55(8,71)48(78-53-46(66)41(61(11)12)22-30(3)73-53)31(4)47(32(5)52(69)75-42)77-44-26-56(9,72-14)50(34(7)74-44)76-43(64)18-19-59-20-21-60-39-23-36-40(24-38(39)58)63(35-16-17-35)28-37(45(36)65)51(67)68/h23-24,28-35,41-42,44,46-50,53,59-60,66,71H,15-22,25-27H2,1-14H3,(H,67,68)/t29-,30-,31+,32-,33-,34+,41+,42-,44+,46-,47+,48-,49-,50+,53+,55-,56-,57-/m1/s1. The van der Waals surface area contributed by atoms with Crippen LogP contribution in [-0.4, -0.2) is 198 Å². The zero-order valence-corrected chi connectivity index (χ0v) is 49.8. The second-order valence-electron chi connectivity index (χ2n) is 24.1. The van der Waals surface area contributed by atoms with Crippen LogP contribution >= 0.6 is 11.6 Å². The van der Waals surface area contributed by atoms with Gasteiger partial charge in [-0.15, -0.1) is 0 Å². The highest BCUT2D eigenvalue weighted by molar-refractivity contribution is 6.34. The topological polar surface area (TPSA) is 265 Å². The number of aromatic carboxylic acids is 1. The Labute approximate surface area is 474 Å². The molecule has 0 unspecified atom stereocenters. The van der Waals surface area contributed by atoms with Gasteiger partial charge in [-0.1, -0.05) is 32.4 Å². The number of aromatic nitrogens is 1. The van der Waals surface area contributed by atoms with Crippen molar-refractivity contribution in [3.05, 3.63) is 39.1 Å². The summed E-state index contributed by atoms with van der Waals surface area (Å²) in [6.45, 7) is 19.5. The van der Waals surface area contributed by atoms with E-state index in [0.717, 1.165) is 12.8 Å². The number of likely N-dealkylation sites (N-methyl/N-ethyl adjacent to an activating group) is 2. The number of hydrogen-bond donors (Lipinski definition) is 5. The fourth-order valence-corrected chi connectivity index (χ4v) is 12.9. The van der Waals surface area contributed by atoms with Gasteiger partial charge in [0.25, 0.3) is 0 Å². The maximum absolute atomic E-state index is 14.8. The number of ether oxygens (including phenoxy) is 9. The van der Waals surface area contributed by atoms with Crippen molar-refractivity contribution < 1.29 is 77.1 Å². The molecule has 5 fully saturated rings. The van der Waals surface area contributed by atoms with Crippen molar-refractivity contribution in [3.63, 3.8) is 0 Å². The number of anilines is 1. The monoisotopic (exact) mass is 1150 g/mol. The summed E-state index contributed by atoms with van der Waals surface area (Å²) in [5.41, 5.74) is -4.02. The quantitative estimate of drug-likeness (QED) is 0.0720. The van der Waals surface area contributed by atoms with Gasteiger partial charge in [-0.25, -0.2) is 9.59 Å². The predicted octanol–water partition coefficient (Wildman–Crippen LogP) is 5.73. The second-order valence-corrected chi connectivity index (χ2v) is 24.5. The Hall–Kier alpha value is -4.20. The molecule has 1 aliphatic carbocycles. The summed E-state index contributed by atoms with van der Waals surface area (Å²) >= 11 is 6.65. The summed E-state index contributed by atoms with van der Waals surface area (Å²) in [6.07, 6.45) is -6.05. The third-order valence-electron chi connectivity index (χ3n) is 17.3. The van der Waals surface area contributed by atoms with Crippen LogP contribution in [0.5, 0.6) is 0 Å². The maximum Gasteiger partial charge on any atom is 0.509 e. The number of methoxy groups -OCH3 is 1. The van der Waals surface area contributed by atoms with E-state index in [-0.39, 0.29) is 67.3 Å². The van der Waals surface area contributed by atoms with Gasteiger partial charge >= 0.3 is 24.1 Å². The fourth-order valence-electron chi connectivity index (χ4n) is 12.7. The van der Waals surface area contributed by atoms with Crippen molar-refractivity contribution in [1.29, 1.82) is 0 Å². The normalized spacial score (nSPS) is 37.7. The minimum absolute atomic E-state index is 0.00988. The third kappa shape index (κ3) is 13.9. The van der Waals surface area contributed by atoms with E-state index in [1.165, 1.54) is 13.3 Å². The minimum atomic E-state index is -1.64. The molecule has 5 aliphatic rings. The van der Waals surface area contributed by atoms with E-state index in [1.807, 2.05) is 70.1 Å². The number of carbonyl (C=O) groups is 4. The molecule has 23 heteroatoms. The summed E-state index contributed by atoms with van der Waals surface area (Å²) in [6, 6.07) is 2.64. The lowest BCUT2D eigenvalue weighted by Gasteiger charge is -2.49. The molecule has 7 rings (SSSR count). The van der Waals surface area contributed by atoms with Gasteiger partial charge < -0.3 is 78.1 Å². The molecule has 1 aromatic carbocycles. The number of halogens is 1. The molecular formula is C57H88ClN5O17. The molecule has 5 heterocycles. The van der Waals surface area contributed by atoms with Crippen LogP contribution in [0.15, 0.2) is 23.1 Å². The van der Waals surface area contributed by atoms with Crippen LogP contribution in [0, 0.1) is 17.8 Å². The summed E-state index contributed by atoms with van der Waals surface area (Å²) in [5, 5.41) is 41.4. The Bertz CT molecular complexity index is 2580. The number of aliphatic hydroxyl groups is 2. The first-order chi connectivity index (χ1) is 37.5. The SMILES string of the molecule is CC[C@H]1OC(=O)[C@H](C)[C@@H](O[C@H]2C[C@@](C)(OC)[C@@H](OC(=O)CCNCCNc3cc4c(=O)c(C(=O)O)cn(C5CC5)c4cc3Cl)[C@H](C)O2)[C@H](C)[C@@H](O[C@@H]2O[C@H](C)C[C@H](N(C)C)[C@H]2O)[C@](C)(O)C[C@@H](C)CN(C)[C@H](C)[C@H]2OC(=O)O[C@@]21C. The van der Waals surface area contributed by atoms with E-state index in [0.29, 0.717) is 42.3 Å². The lowest BCUT2D eigenvalue weighted by molar-refractivity contribution is -0.318. The lowest BCUT2D eigenvalue weighted by Crippen LogP contribution is -2.61. The van der Waals surface area contributed by atoms with E-state index >= 15 is 0 Å². The molecule has 5 N–H and O–H groups in total. The molecular weight excluding hydrogens is 1060 g/mol. The number of carboxylic acid groups (broad SMARTS) is 1. The number of aliphatic hydroxyl groups excluding tert-OH is 1. The molecule has 0 amide bonds. The Morgan fingerprint density at radius 3 is 2.29 bits per heavy atom. The van der Waals surface area contributed by atoms with Crippen LogP contribution < -0.4 is 16.1 Å². The van der Waals surface area contributed by atoms with Crippen LogP contribution in [0.1, 0.15) is 131 Å². The Kier molecular flexibility index (Phi) is 20.4. The number of esters is 2. The van der Waals surface area contributed by atoms with E-state index in [1.54, 1.807) is 46.8 Å². The fraction of sp³-hybridized carbons (Fsp3) is 0.772. The van der Waals surface area contributed by atoms with Gasteiger partial charge in [0.1, 0.15) is 23.4 Å². The number of carboxylic acids is 1. The van der Waals surface area contributed by atoms with Gasteiger partial charge in [-0.2, -0.15) is 0 Å². The molecule has 2 aromatic rings. The number of cyclic esters (lactones) is 1. The van der Waals surface area contributed by atoms with Crippen LogP contribution in [0.2, 0.25) is 5.02 Å². The molecule has 4 aliphatic heterocycles. The first-order valence-electron chi connectivity index (χ1n) is 28.3. The molecule has 22 nitrogen and oxygen atoms in total. The van der Waals surface area contributed by atoms with Crippen LogP contribution in [0.4, 0.5) is 10.5 Å². The largest absolute Gasteiger partial charge is 0.509 e.